The molecule has 0 aliphatic carbocycles. The third-order valence-electron chi connectivity index (χ3n) is 2.50. The Morgan fingerprint density at radius 2 is 2.37 bits per heavy atom. The van der Waals surface area contributed by atoms with Gasteiger partial charge in [0.05, 0.1) is 12.6 Å². The summed E-state index contributed by atoms with van der Waals surface area (Å²) in [5, 5.41) is 11.4. The lowest BCUT2D eigenvalue weighted by Gasteiger charge is -2.15. The number of carbonyl (C=O) groups is 1. The molecule has 0 bridgehead atoms. The number of rotatable bonds is 5. The van der Waals surface area contributed by atoms with Crippen LogP contribution in [0.2, 0.25) is 0 Å². The van der Waals surface area contributed by atoms with E-state index in [9.17, 15) is 4.79 Å². The maximum atomic E-state index is 11.9. The highest BCUT2D eigenvalue weighted by Crippen LogP contribution is 2.01. The van der Waals surface area contributed by atoms with Crippen LogP contribution in [0, 0.1) is 11.8 Å². The van der Waals surface area contributed by atoms with Crippen LogP contribution >= 0.6 is 0 Å². The predicted molar refractivity (Wildman–Crippen MR) is 71.6 cm³/mol. The maximum absolute atomic E-state index is 11.9. The van der Waals surface area contributed by atoms with Crippen molar-refractivity contribution in [2.75, 3.05) is 20.3 Å². The molecule has 0 aliphatic rings. The number of pyridine rings is 1. The molecule has 0 saturated carbocycles. The zero-order chi connectivity index (χ0) is 14.1. The van der Waals surface area contributed by atoms with Crippen molar-refractivity contribution in [2.24, 2.45) is 0 Å². The standard InChI is InChI=1S/C14H18N2O3/c1-3-12(10-19-2)16-14(18)13-7-6-11(9-15-13)5-4-8-17/h6-7,9,12,17H,3,8,10H2,1-2H3,(H,16,18). The Morgan fingerprint density at radius 1 is 1.58 bits per heavy atom. The number of methoxy groups -OCH3 is 1. The molecule has 0 spiro atoms. The van der Waals surface area contributed by atoms with E-state index in [4.69, 9.17) is 9.84 Å². The van der Waals surface area contributed by atoms with Crippen LogP contribution in [0.5, 0.6) is 0 Å². The molecule has 0 saturated heterocycles. The number of nitrogens with one attached hydrogen (secondary N) is 1. The molecule has 5 heteroatoms. The average molecular weight is 262 g/mol. The van der Waals surface area contributed by atoms with Crippen LogP contribution < -0.4 is 5.32 Å². The first-order valence-electron chi connectivity index (χ1n) is 6.06. The number of hydrogen-bond donors (Lipinski definition) is 2. The Hall–Kier alpha value is -1.90. The molecule has 102 valence electrons. The quantitative estimate of drug-likeness (QED) is 0.761. The molecular weight excluding hydrogens is 244 g/mol. The van der Waals surface area contributed by atoms with Gasteiger partial charge < -0.3 is 15.2 Å². The van der Waals surface area contributed by atoms with Gasteiger partial charge in [-0.15, -0.1) is 0 Å². The third-order valence-corrected chi connectivity index (χ3v) is 2.50. The van der Waals surface area contributed by atoms with Gasteiger partial charge in [-0.25, -0.2) is 4.98 Å². The topological polar surface area (TPSA) is 71.5 Å². The highest BCUT2D eigenvalue weighted by Gasteiger charge is 2.12. The molecule has 0 fully saturated rings. The molecule has 0 aromatic carbocycles. The lowest BCUT2D eigenvalue weighted by atomic mass is 10.2. The van der Waals surface area contributed by atoms with Crippen LogP contribution in [0.4, 0.5) is 0 Å². The molecule has 1 aromatic rings. The van der Waals surface area contributed by atoms with Crippen molar-refractivity contribution in [3.8, 4) is 11.8 Å². The van der Waals surface area contributed by atoms with Crippen LogP contribution in [0.1, 0.15) is 29.4 Å². The monoisotopic (exact) mass is 262 g/mol. The Bertz CT molecular complexity index is 460. The zero-order valence-corrected chi connectivity index (χ0v) is 11.1. The Balaban J connectivity index is 2.67. The molecule has 1 aromatic heterocycles. The number of carbonyl (C=O) groups excluding carboxylic acids is 1. The van der Waals surface area contributed by atoms with Crippen molar-refractivity contribution in [3.63, 3.8) is 0 Å². The SMILES string of the molecule is CCC(COC)NC(=O)c1ccc(C#CCO)cn1. The van der Waals surface area contributed by atoms with Crippen molar-refractivity contribution in [1.82, 2.24) is 10.3 Å². The van der Waals surface area contributed by atoms with Gasteiger partial charge in [0, 0.05) is 18.9 Å². The van der Waals surface area contributed by atoms with E-state index < -0.39 is 0 Å². The zero-order valence-electron chi connectivity index (χ0n) is 11.1. The van der Waals surface area contributed by atoms with E-state index in [2.05, 4.69) is 22.1 Å². The van der Waals surface area contributed by atoms with Crippen LogP contribution in [0.3, 0.4) is 0 Å². The minimum Gasteiger partial charge on any atom is -0.384 e. The second-order valence-electron chi connectivity index (χ2n) is 3.93. The van der Waals surface area contributed by atoms with Gasteiger partial charge in [0.25, 0.3) is 5.91 Å². The third kappa shape index (κ3) is 5.08. The van der Waals surface area contributed by atoms with E-state index in [1.54, 1.807) is 19.2 Å². The van der Waals surface area contributed by atoms with Crippen LogP contribution in [0.25, 0.3) is 0 Å². The molecule has 2 N–H and O–H groups in total. The second-order valence-corrected chi connectivity index (χ2v) is 3.93. The minimum atomic E-state index is -0.231. The fourth-order valence-corrected chi connectivity index (χ4v) is 1.47. The lowest BCUT2D eigenvalue weighted by molar-refractivity contribution is 0.0889. The van der Waals surface area contributed by atoms with E-state index in [1.807, 2.05) is 6.92 Å². The molecule has 1 rings (SSSR count). The van der Waals surface area contributed by atoms with E-state index in [1.165, 1.54) is 6.20 Å². The number of hydrogen-bond acceptors (Lipinski definition) is 4. The normalized spacial score (nSPS) is 11.3. The number of nitrogens with zero attached hydrogens (tertiary/aromatic N) is 1. The number of aromatic nitrogens is 1. The summed E-state index contributed by atoms with van der Waals surface area (Å²) >= 11 is 0. The van der Waals surface area contributed by atoms with E-state index in [0.717, 1.165) is 6.42 Å². The first-order valence-corrected chi connectivity index (χ1v) is 6.06. The summed E-state index contributed by atoms with van der Waals surface area (Å²) in [5.74, 6) is 5.01. The van der Waals surface area contributed by atoms with Gasteiger partial charge in [-0.1, -0.05) is 18.8 Å². The molecule has 5 nitrogen and oxygen atoms in total. The van der Waals surface area contributed by atoms with E-state index in [-0.39, 0.29) is 18.6 Å². The van der Waals surface area contributed by atoms with Crippen LogP contribution in [-0.2, 0) is 4.74 Å². The smallest absolute Gasteiger partial charge is 0.270 e. The molecule has 0 radical (unpaired) electrons. The maximum Gasteiger partial charge on any atom is 0.270 e. The summed E-state index contributed by atoms with van der Waals surface area (Å²) in [6.07, 6.45) is 2.30. The van der Waals surface area contributed by atoms with E-state index >= 15 is 0 Å². The summed E-state index contributed by atoms with van der Waals surface area (Å²) in [6.45, 7) is 2.25. The van der Waals surface area contributed by atoms with Gasteiger partial charge >= 0.3 is 0 Å². The highest BCUT2D eigenvalue weighted by atomic mass is 16.5. The Kier molecular flexibility index (Phi) is 6.58. The van der Waals surface area contributed by atoms with Crippen molar-refractivity contribution in [3.05, 3.63) is 29.6 Å². The van der Waals surface area contributed by atoms with Crippen molar-refractivity contribution in [2.45, 2.75) is 19.4 Å². The average Bonchev–Trinajstić information content (AvgIpc) is 2.45. The summed E-state index contributed by atoms with van der Waals surface area (Å²) in [5.41, 5.74) is 0.999. The van der Waals surface area contributed by atoms with Crippen LogP contribution in [-0.4, -0.2) is 42.4 Å². The van der Waals surface area contributed by atoms with Gasteiger partial charge in [0.2, 0.25) is 0 Å². The molecule has 1 unspecified atom stereocenters. The highest BCUT2D eigenvalue weighted by molar-refractivity contribution is 5.92. The largest absolute Gasteiger partial charge is 0.384 e. The lowest BCUT2D eigenvalue weighted by Crippen LogP contribution is -2.37. The summed E-state index contributed by atoms with van der Waals surface area (Å²) in [4.78, 5) is 16.0. The molecule has 1 heterocycles. The van der Waals surface area contributed by atoms with Gasteiger partial charge in [-0.2, -0.15) is 0 Å². The Morgan fingerprint density at radius 3 is 2.89 bits per heavy atom. The molecular formula is C14H18N2O3. The summed E-state index contributed by atoms with van der Waals surface area (Å²) in [7, 11) is 1.60. The first-order chi connectivity index (χ1) is 9.21. The molecule has 1 atom stereocenters. The fraction of sp³-hybridized carbons (Fsp3) is 0.429. The number of aliphatic hydroxyl groups is 1. The molecule has 19 heavy (non-hydrogen) atoms. The van der Waals surface area contributed by atoms with Crippen molar-refractivity contribution in [1.29, 1.82) is 0 Å². The number of aliphatic hydroxyl groups excluding tert-OH is 1. The van der Waals surface area contributed by atoms with Gasteiger partial charge in [-0.3, -0.25) is 4.79 Å². The van der Waals surface area contributed by atoms with Crippen molar-refractivity contribution >= 4 is 5.91 Å². The number of ether oxygens (including phenoxy) is 1. The fourth-order valence-electron chi connectivity index (χ4n) is 1.47. The molecule has 0 aliphatic heterocycles. The second kappa shape index (κ2) is 8.25. The van der Waals surface area contributed by atoms with Crippen LogP contribution in [0.15, 0.2) is 18.3 Å². The minimum absolute atomic E-state index is 0.0202. The Labute approximate surface area is 113 Å². The summed E-state index contributed by atoms with van der Waals surface area (Å²) in [6, 6.07) is 3.28. The van der Waals surface area contributed by atoms with Gasteiger partial charge in [0.1, 0.15) is 12.3 Å². The van der Waals surface area contributed by atoms with Gasteiger partial charge in [0.15, 0.2) is 0 Å². The van der Waals surface area contributed by atoms with Gasteiger partial charge in [-0.05, 0) is 18.6 Å². The number of amides is 1. The van der Waals surface area contributed by atoms with Crippen molar-refractivity contribution < 1.29 is 14.6 Å². The van der Waals surface area contributed by atoms with E-state index in [0.29, 0.717) is 17.9 Å². The predicted octanol–water partition coefficient (Wildman–Crippen LogP) is 0.580. The molecule has 1 amide bonds. The first kappa shape index (κ1) is 15.2. The summed E-state index contributed by atoms with van der Waals surface area (Å²) < 4.78 is 5.02.